The fraction of sp³-hybridized carbons (Fsp3) is 0.267. The normalized spacial score (nSPS) is 11.5. The van der Waals surface area contributed by atoms with Gasteiger partial charge in [0.05, 0.1) is 17.6 Å². The van der Waals surface area contributed by atoms with Crippen LogP contribution in [-0.2, 0) is 27.8 Å². The highest BCUT2D eigenvalue weighted by atomic mass is 32.2. The van der Waals surface area contributed by atoms with E-state index < -0.39 is 16.0 Å². The van der Waals surface area contributed by atoms with Crippen LogP contribution in [0, 0.1) is 13.8 Å². The summed E-state index contributed by atoms with van der Waals surface area (Å²) in [6.45, 7) is 3.77. The molecule has 2 rings (SSSR count). The standard InChI is InChI=1S/C15H17NO5S/c1-10-9-21-11(2)14(10)8-16-22(19,20)13-5-3-12(4-6-13)7-15(17)18/h3-6,9,16H,7-8H2,1-2H3,(H,17,18). The fourth-order valence-electron chi connectivity index (χ4n) is 2.07. The number of rotatable bonds is 6. The van der Waals surface area contributed by atoms with Crippen molar-refractivity contribution in [3.8, 4) is 0 Å². The molecule has 0 amide bonds. The van der Waals surface area contributed by atoms with Crippen molar-refractivity contribution in [2.45, 2.75) is 31.7 Å². The lowest BCUT2D eigenvalue weighted by atomic mass is 10.2. The molecule has 0 saturated heterocycles. The number of aliphatic carboxylic acids is 1. The Morgan fingerprint density at radius 2 is 1.86 bits per heavy atom. The van der Waals surface area contributed by atoms with Crippen LogP contribution in [0.3, 0.4) is 0 Å². The van der Waals surface area contributed by atoms with E-state index in [9.17, 15) is 13.2 Å². The third-order valence-electron chi connectivity index (χ3n) is 3.34. The van der Waals surface area contributed by atoms with E-state index in [-0.39, 0.29) is 17.9 Å². The van der Waals surface area contributed by atoms with Crippen LogP contribution in [0.5, 0.6) is 0 Å². The quantitative estimate of drug-likeness (QED) is 0.847. The van der Waals surface area contributed by atoms with Gasteiger partial charge < -0.3 is 9.52 Å². The van der Waals surface area contributed by atoms with Gasteiger partial charge in [-0.3, -0.25) is 4.79 Å². The molecule has 0 aliphatic rings. The molecular weight excluding hydrogens is 306 g/mol. The molecular formula is C15H17NO5S. The molecule has 2 N–H and O–H groups in total. The number of hydrogen-bond donors (Lipinski definition) is 2. The van der Waals surface area contributed by atoms with E-state index >= 15 is 0 Å². The van der Waals surface area contributed by atoms with Crippen molar-refractivity contribution in [1.29, 1.82) is 0 Å². The lowest BCUT2D eigenvalue weighted by Crippen LogP contribution is -2.23. The Balaban J connectivity index is 2.11. The molecule has 0 radical (unpaired) electrons. The smallest absolute Gasteiger partial charge is 0.307 e. The predicted molar refractivity (Wildman–Crippen MR) is 80.0 cm³/mol. The van der Waals surface area contributed by atoms with Crippen molar-refractivity contribution >= 4 is 16.0 Å². The molecule has 0 bridgehead atoms. The minimum Gasteiger partial charge on any atom is -0.481 e. The number of sulfonamides is 1. The van der Waals surface area contributed by atoms with E-state index in [0.29, 0.717) is 11.3 Å². The molecule has 0 saturated carbocycles. The summed E-state index contributed by atoms with van der Waals surface area (Å²) in [6.07, 6.45) is 1.45. The third-order valence-corrected chi connectivity index (χ3v) is 4.76. The molecule has 0 aliphatic carbocycles. The number of aryl methyl sites for hydroxylation is 2. The number of hydrogen-bond acceptors (Lipinski definition) is 4. The van der Waals surface area contributed by atoms with Crippen molar-refractivity contribution < 1.29 is 22.7 Å². The lowest BCUT2D eigenvalue weighted by molar-refractivity contribution is -0.136. The second-order valence-corrected chi connectivity index (χ2v) is 6.76. The Labute approximate surface area is 128 Å². The number of carboxylic acid groups (broad SMARTS) is 1. The van der Waals surface area contributed by atoms with E-state index in [0.717, 1.165) is 11.1 Å². The molecule has 1 heterocycles. The van der Waals surface area contributed by atoms with Gasteiger partial charge in [-0.1, -0.05) is 12.1 Å². The zero-order valence-electron chi connectivity index (χ0n) is 12.3. The number of nitrogens with one attached hydrogen (secondary N) is 1. The third kappa shape index (κ3) is 3.75. The predicted octanol–water partition coefficient (Wildman–Crippen LogP) is 2.00. The fourth-order valence-corrected chi connectivity index (χ4v) is 3.07. The van der Waals surface area contributed by atoms with Crippen LogP contribution >= 0.6 is 0 Å². The highest BCUT2D eigenvalue weighted by Gasteiger charge is 2.16. The van der Waals surface area contributed by atoms with Crippen LogP contribution in [0.4, 0.5) is 0 Å². The van der Waals surface area contributed by atoms with Crippen LogP contribution in [0.25, 0.3) is 0 Å². The van der Waals surface area contributed by atoms with E-state index in [2.05, 4.69) is 4.72 Å². The Morgan fingerprint density at radius 3 is 2.36 bits per heavy atom. The Morgan fingerprint density at radius 1 is 1.23 bits per heavy atom. The van der Waals surface area contributed by atoms with Gasteiger partial charge in [-0.2, -0.15) is 0 Å². The molecule has 0 unspecified atom stereocenters. The molecule has 0 fully saturated rings. The van der Waals surface area contributed by atoms with Crippen molar-refractivity contribution in [3.63, 3.8) is 0 Å². The second kappa shape index (κ2) is 6.33. The van der Waals surface area contributed by atoms with Gasteiger partial charge in [-0.05, 0) is 37.1 Å². The first kappa shape index (κ1) is 16.3. The first-order valence-electron chi connectivity index (χ1n) is 6.63. The molecule has 22 heavy (non-hydrogen) atoms. The summed E-state index contributed by atoms with van der Waals surface area (Å²) in [6, 6.07) is 5.79. The minimum absolute atomic E-state index is 0.0976. The monoisotopic (exact) mass is 323 g/mol. The van der Waals surface area contributed by atoms with E-state index in [1.807, 2.05) is 6.92 Å². The summed E-state index contributed by atoms with van der Waals surface area (Å²) in [5.74, 6) is -0.281. The Kier molecular flexibility index (Phi) is 4.68. The van der Waals surface area contributed by atoms with Gasteiger partial charge in [0.25, 0.3) is 0 Å². The molecule has 1 aromatic carbocycles. The number of furan rings is 1. The second-order valence-electron chi connectivity index (χ2n) is 4.99. The first-order valence-corrected chi connectivity index (χ1v) is 8.12. The van der Waals surface area contributed by atoms with E-state index in [1.54, 1.807) is 13.2 Å². The van der Waals surface area contributed by atoms with Gasteiger partial charge in [0, 0.05) is 12.1 Å². The number of carboxylic acids is 1. The van der Waals surface area contributed by atoms with E-state index in [1.165, 1.54) is 24.3 Å². The van der Waals surface area contributed by atoms with Crippen LogP contribution in [-0.4, -0.2) is 19.5 Å². The molecule has 0 atom stereocenters. The Bertz CT molecular complexity index is 755. The summed E-state index contributed by atoms with van der Waals surface area (Å²) in [4.78, 5) is 10.7. The van der Waals surface area contributed by atoms with Crippen molar-refractivity contribution in [3.05, 3.63) is 53.0 Å². The highest BCUT2D eigenvalue weighted by molar-refractivity contribution is 7.89. The minimum atomic E-state index is -3.65. The van der Waals surface area contributed by atoms with Crippen LogP contribution in [0.1, 0.15) is 22.5 Å². The highest BCUT2D eigenvalue weighted by Crippen LogP contribution is 2.17. The zero-order chi connectivity index (χ0) is 16.3. The summed E-state index contributed by atoms with van der Waals surface area (Å²) < 4.78 is 32.2. The molecule has 0 aliphatic heterocycles. The average molecular weight is 323 g/mol. The topological polar surface area (TPSA) is 96.6 Å². The van der Waals surface area contributed by atoms with Crippen molar-refractivity contribution in [2.75, 3.05) is 0 Å². The Hall–Kier alpha value is -2.12. The van der Waals surface area contributed by atoms with Crippen molar-refractivity contribution in [1.82, 2.24) is 4.72 Å². The van der Waals surface area contributed by atoms with Gasteiger partial charge in [-0.15, -0.1) is 0 Å². The summed E-state index contributed by atoms with van der Waals surface area (Å²) in [5.41, 5.74) is 2.25. The molecule has 118 valence electrons. The largest absolute Gasteiger partial charge is 0.481 e. The van der Waals surface area contributed by atoms with Crippen molar-refractivity contribution in [2.24, 2.45) is 0 Å². The SMILES string of the molecule is Cc1coc(C)c1CNS(=O)(=O)c1ccc(CC(=O)O)cc1. The lowest BCUT2D eigenvalue weighted by Gasteiger charge is -2.07. The maximum Gasteiger partial charge on any atom is 0.307 e. The molecule has 1 aromatic heterocycles. The van der Waals surface area contributed by atoms with Gasteiger partial charge in [0.15, 0.2) is 0 Å². The molecule has 2 aromatic rings. The first-order chi connectivity index (χ1) is 10.3. The molecule has 7 heteroatoms. The van der Waals surface area contributed by atoms with Crippen LogP contribution < -0.4 is 4.72 Å². The zero-order valence-corrected chi connectivity index (χ0v) is 13.1. The summed E-state index contributed by atoms with van der Waals surface area (Å²) in [5, 5.41) is 8.70. The van der Waals surface area contributed by atoms with Gasteiger partial charge in [0.1, 0.15) is 5.76 Å². The van der Waals surface area contributed by atoms with Gasteiger partial charge in [0.2, 0.25) is 10.0 Å². The maximum atomic E-state index is 12.2. The van der Waals surface area contributed by atoms with Gasteiger partial charge >= 0.3 is 5.97 Å². The van der Waals surface area contributed by atoms with Gasteiger partial charge in [-0.25, -0.2) is 13.1 Å². The molecule has 0 spiro atoms. The summed E-state index contributed by atoms with van der Waals surface area (Å²) in [7, 11) is -3.65. The maximum absolute atomic E-state index is 12.2. The average Bonchev–Trinajstić information content (AvgIpc) is 2.76. The van der Waals surface area contributed by atoms with Crippen LogP contribution in [0.15, 0.2) is 39.8 Å². The number of benzene rings is 1. The van der Waals surface area contributed by atoms with E-state index in [4.69, 9.17) is 9.52 Å². The van der Waals surface area contributed by atoms with Crippen LogP contribution in [0.2, 0.25) is 0 Å². The number of carbonyl (C=O) groups is 1. The summed E-state index contributed by atoms with van der Waals surface area (Å²) >= 11 is 0. The molecule has 6 nitrogen and oxygen atoms in total.